The lowest BCUT2D eigenvalue weighted by atomic mass is 10.5. The zero-order valence-corrected chi connectivity index (χ0v) is 8.24. The van der Waals surface area contributed by atoms with Gasteiger partial charge in [0.15, 0.2) is 6.29 Å². The molecule has 0 N–H and O–H groups in total. The fourth-order valence-corrected chi connectivity index (χ4v) is 1.26. The van der Waals surface area contributed by atoms with Crippen molar-refractivity contribution < 1.29 is 4.79 Å². The van der Waals surface area contributed by atoms with Crippen molar-refractivity contribution in [1.82, 2.24) is 29.8 Å². The molecule has 0 aliphatic carbocycles. The smallest absolute Gasteiger partial charge is 0.171 e. The van der Waals surface area contributed by atoms with Crippen LogP contribution in [0.1, 0.15) is 23.2 Å². The third kappa shape index (κ3) is 1.90. The van der Waals surface area contributed by atoms with Crippen LogP contribution in [0.3, 0.4) is 0 Å². The van der Waals surface area contributed by atoms with Gasteiger partial charge in [0.2, 0.25) is 0 Å². The third-order valence-electron chi connectivity index (χ3n) is 1.98. The molecule has 7 heteroatoms. The van der Waals surface area contributed by atoms with Crippen LogP contribution in [0.25, 0.3) is 0 Å². The molecule has 0 saturated heterocycles. The van der Waals surface area contributed by atoms with E-state index in [2.05, 4.69) is 20.4 Å². The van der Waals surface area contributed by atoms with E-state index in [9.17, 15) is 4.79 Å². The molecule has 0 unspecified atom stereocenters. The maximum absolute atomic E-state index is 10.4. The number of nitrogens with zero attached hydrogens (tertiary/aromatic N) is 6. The van der Waals surface area contributed by atoms with E-state index < -0.39 is 0 Å². The summed E-state index contributed by atoms with van der Waals surface area (Å²) < 4.78 is 3.32. The lowest BCUT2D eigenvalue weighted by molar-refractivity contribution is 0.111. The van der Waals surface area contributed by atoms with Crippen LogP contribution in [0.4, 0.5) is 0 Å². The van der Waals surface area contributed by atoms with Crippen LogP contribution >= 0.6 is 0 Å². The third-order valence-corrected chi connectivity index (χ3v) is 1.98. The first kappa shape index (κ1) is 9.50. The van der Waals surface area contributed by atoms with Crippen molar-refractivity contribution in [3.05, 3.63) is 24.0 Å². The summed E-state index contributed by atoms with van der Waals surface area (Å²) in [5.41, 5.74) is 0.317. The highest BCUT2D eigenvalue weighted by Gasteiger charge is 2.05. The van der Waals surface area contributed by atoms with Gasteiger partial charge in [0.05, 0.1) is 6.20 Å². The minimum Gasteiger partial charge on any atom is -0.296 e. The molecule has 0 atom stereocenters. The van der Waals surface area contributed by atoms with Crippen LogP contribution in [-0.2, 0) is 13.1 Å². The number of hydrogen-bond acceptors (Lipinski definition) is 5. The Labute approximate surface area is 85.7 Å². The summed E-state index contributed by atoms with van der Waals surface area (Å²) in [5, 5.41) is 11.5. The van der Waals surface area contributed by atoms with Gasteiger partial charge in [-0.1, -0.05) is 5.21 Å². The summed E-state index contributed by atoms with van der Waals surface area (Å²) in [6.45, 7) is 3.20. The molecule has 0 bridgehead atoms. The second-order valence-electron chi connectivity index (χ2n) is 2.95. The molecule has 0 fully saturated rings. The molecule has 0 aliphatic heterocycles. The molecule has 0 aromatic carbocycles. The monoisotopic (exact) mass is 206 g/mol. The molecule has 15 heavy (non-hydrogen) atoms. The molecular weight excluding hydrogens is 196 g/mol. The summed E-state index contributed by atoms with van der Waals surface area (Å²) in [5.74, 6) is 0.792. The lowest BCUT2D eigenvalue weighted by Crippen LogP contribution is -2.09. The summed E-state index contributed by atoms with van der Waals surface area (Å²) in [7, 11) is 0. The van der Waals surface area contributed by atoms with Crippen LogP contribution in [0.15, 0.2) is 12.5 Å². The summed E-state index contributed by atoms with van der Waals surface area (Å²) in [6, 6.07) is 0. The van der Waals surface area contributed by atoms with Gasteiger partial charge in [-0.3, -0.25) is 4.79 Å². The van der Waals surface area contributed by atoms with E-state index in [4.69, 9.17) is 0 Å². The SMILES string of the molecule is CCn1ncnc1Cn1cc(C=O)nn1. The van der Waals surface area contributed by atoms with Crippen molar-refractivity contribution in [2.75, 3.05) is 0 Å². The number of carbonyl (C=O) groups excluding carboxylic acids is 1. The number of carbonyl (C=O) groups is 1. The normalized spacial score (nSPS) is 10.5. The molecule has 2 aromatic heterocycles. The average molecular weight is 206 g/mol. The molecule has 0 amide bonds. The molecular formula is C8H10N6O. The maximum atomic E-state index is 10.4. The van der Waals surface area contributed by atoms with Gasteiger partial charge < -0.3 is 0 Å². The quantitative estimate of drug-likeness (QED) is 0.644. The number of rotatable bonds is 4. The van der Waals surface area contributed by atoms with Crippen molar-refractivity contribution in [3.63, 3.8) is 0 Å². The Balaban J connectivity index is 2.17. The standard InChI is InChI=1S/C8H10N6O/c1-2-14-8(9-6-10-14)4-13-3-7(5-15)11-12-13/h3,5-6H,2,4H2,1H3. The van der Waals surface area contributed by atoms with E-state index in [1.165, 1.54) is 6.33 Å². The summed E-state index contributed by atoms with van der Waals surface area (Å²) >= 11 is 0. The first-order valence-electron chi connectivity index (χ1n) is 4.55. The van der Waals surface area contributed by atoms with Crippen LogP contribution in [0.2, 0.25) is 0 Å². The lowest BCUT2D eigenvalue weighted by Gasteiger charge is -2.01. The predicted molar refractivity (Wildman–Crippen MR) is 50.2 cm³/mol. The van der Waals surface area contributed by atoms with Crippen molar-refractivity contribution in [2.45, 2.75) is 20.0 Å². The van der Waals surface area contributed by atoms with Gasteiger partial charge in [0, 0.05) is 6.54 Å². The fourth-order valence-electron chi connectivity index (χ4n) is 1.26. The molecule has 0 spiro atoms. The maximum Gasteiger partial charge on any atom is 0.171 e. The van der Waals surface area contributed by atoms with Crippen molar-refractivity contribution in [2.24, 2.45) is 0 Å². The Morgan fingerprint density at radius 3 is 3.07 bits per heavy atom. The van der Waals surface area contributed by atoms with Gasteiger partial charge in [0.25, 0.3) is 0 Å². The molecule has 0 saturated carbocycles. The van der Waals surface area contributed by atoms with Gasteiger partial charge >= 0.3 is 0 Å². The number of hydrogen-bond donors (Lipinski definition) is 0. The van der Waals surface area contributed by atoms with Gasteiger partial charge in [-0.2, -0.15) is 5.10 Å². The zero-order chi connectivity index (χ0) is 10.7. The van der Waals surface area contributed by atoms with E-state index in [-0.39, 0.29) is 0 Å². The van der Waals surface area contributed by atoms with Gasteiger partial charge in [-0.25, -0.2) is 14.3 Å². The molecule has 2 aromatic rings. The van der Waals surface area contributed by atoms with E-state index >= 15 is 0 Å². The Morgan fingerprint density at radius 2 is 2.40 bits per heavy atom. The van der Waals surface area contributed by atoms with Gasteiger partial charge in [-0.05, 0) is 6.92 Å². The Bertz CT molecular complexity index is 459. The van der Waals surface area contributed by atoms with Crippen molar-refractivity contribution in [3.8, 4) is 0 Å². The first-order valence-corrected chi connectivity index (χ1v) is 4.55. The van der Waals surface area contributed by atoms with Crippen LogP contribution < -0.4 is 0 Å². The van der Waals surface area contributed by atoms with Crippen LogP contribution in [0.5, 0.6) is 0 Å². The second kappa shape index (κ2) is 3.99. The molecule has 0 radical (unpaired) electrons. The summed E-state index contributed by atoms with van der Waals surface area (Å²) in [6.07, 6.45) is 3.73. The van der Waals surface area contributed by atoms with E-state index in [1.807, 2.05) is 6.92 Å². The molecule has 0 aliphatic rings. The Morgan fingerprint density at radius 1 is 1.53 bits per heavy atom. The minimum absolute atomic E-state index is 0.317. The summed E-state index contributed by atoms with van der Waals surface area (Å²) in [4.78, 5) is 14.5. The minimum atomic E-state index is 0.317. The van der Waals surface area contributed by atoms with Gasteiger partial charge in [0.1, 0.15) is 24.4 Å². The second-order valence-corrected chi connectivity index (χ2v) is 2.95. The highest BCUT2D eigenvalue weighted by atomic mass is 16.1. The Kier molecular flexibility index (Phi) is 2.53. The first-order chi connectivity index (χ1) is 7.33. The van der Waals surface area contributed by atoms with Crippen LogP contribution in [0, 0.1) is 0 Å². The van der Waals surface area contributed by atoms with Crippen molar-refractivity contribution >= 4 is 6.29 Å². The number of aldehydes is 1. The number of aryl methyl sites for hydroxylation is 1. The fraction of sp³-hybridized carbons (Fsp3) is 0.375. The highest BCUT2D eigenvalue weighted by molar-refractivity contribution is 5.70. The molecule has 78 valence electrons. The van der Waals surface area contributed by atoms with Crippen LogP contribution in [-0.4, -0.2) is 36.0 Å². The van der Waals surface area contributed by atoms with Crippen molar-refractivity contribution in [1.29, 1.82) is 0 Å². The van der Waals surface area contributed by atoms with E-state index in [0.29, 0.717) is 18.5 Å². The van der Waals surface area contributed by atoms with E-state index in [1.54, 1.807) is 15.6 Å². The highest BCUT2D eigenvalue weighted by Crippen LogP contribution is 1.98. The van der Waals surface area contributed by atoms with E-state index in [0.717, 1.165) is 12.4 Å². The largest absolute Gasteiger partial charge is 0.296 e. The number of aromatic nitrogens is 6. The molecule has 7 nitrogen and oxygen atoms in total. The van der Waals surface area contributed by atoms with Gasteiger partial charge in [-0.15, -0.1) is 5.10 Å². The topological polar surface area (TPSA) is 78.5 Å². The molecule has 2 heterocycles. The average Bonchev–Trinajstić information content (AvgIpc) is 2.87. The molecule has 2 rings (SSSR count). The zero-order valence-electron chi connectivity index (χ0n) is 8.24. The predicted octanol–water partition coefficient (Wildman–Crippen LogP) is -0.250. The Hall–Kier alpha value is -2.05.